The van der Waals surface area contributed by atoms with E-state index < -0.39 is 0 Å². The summed E-state index contributed by atoms with van der Waals surface area (Å²) in [7, 11) is 0. The largest absolute Gasteiger partial charge is 0.353 e. The molecular formula is C21H27FN4O2. The van der Waals surface area contributed by atoms with Crippen LogP contribution in [0.3, 0.4) is 0 Å². The molecule has 1 aliphatic heterocycles. The molecule has 7 heteroatoms. The molecule has 0 spiro atoms. The maximum atomic E-state index is 13.4. The summed E-state index contributed by atoms with van der Waals surface area (Å²) in [6.45, 7) is 7.22. The Morgan fingerprint density at radius 2 is 1.89 bits per heavy atom. The fourth-order valence-electron chi connectivity index (χ4n) is 3.22. The zero-order chi connectivity index (χ0) is 20.3. The number of hydrogen-bond acceptors (Lipinski definition) is 3. The van der Waals surface area contributed by atoms with Crippen LogP contribution in [0.1, 0.15) is 44.1 Å². The number of likely N-dealkylation sites (tertiary alicyclic amines) is 1. The Labute approximate surface area is 164 Å². The number of amides is 2. The number of nitrogens with zero attached hydrogens (tertiary/aromatic N) is 3. The van der Waals surface area contributed by atoms with E-state index in [0.717, 1.165) is 0 Å². The van der Waals surface area contributed by atoms with Gasteiger partial charge in [-0.3, -0.25) is 9.59 Å². The smallest absolute Gasteiger partial charge is 0.274 e. The SMILES string of the molecule is CC(C)C(C)NC(=O)C1CCN(C(=O)c2ccn(-c3cccc(F)c3)n2)CC1. The van der Waals surface area contributed by atoms with E-state index in [0.29, 0.717) is 43.2 Å². The number of benzene rings is 1. The first-order chi connectivity index (χ1) is 13.3. The second-order valence-corrected chi connectivity index (χ2v) is 7.73. The van der Waals surface area contributed by atoms with Crippen molar-refractivity contribution in [2.24, 2.45) is 11.8 Å². The van der Waals surface area contributed by atoms with Gasteiger partial charge in [0.05, 0.1) is 5.69 Å². The highest BCUT2D eigenvalue weighted by Gasteiger charge is 2.29. The highest BCUT2D eigenvalue weighted by atomic mass is 19.1. The minimum absolute atomic E-state index is 0.0601. The standard InChI is InChI=1S/C21H27FN4O2/c1-14(2)15(3)23-20(27)16-7-10-25(11-8-16)21(28)19-9-12-26(24-19)18-6-4-5-17(22)13-18/h4-6,9,12-16H,7-8,10-11H2,1-3H3,(H,23,27). The number of halogens is 1. The topological polar surface area (TPSA) is 67.2 Å². The molecule has 3 rings (SSSR count). The van der Waals surface area contributed by atoms with Crippen molar-refractivity contribution in [1.29, 1.82) is 0 Å². The summed E-state index contributed by atoms with van der Waals surface area (Å²) in [5, 5.41) is 7.35. The van der Waals surface area contributed by atoms with Crippen LogP contribution in [0.5, 0.6) is 0 Å². The number of carbonyl (C=O) groups is 2. The molecule has 0 saturated carbocycles. The molecule has 2 heterocycles. The molecule has 1 aliphatic rings. The van der Waals surface area contributed by atoms with Crippen LogP contribution in [0.4, 0.5) is 4.39 Å². The van der Waals surface area contributed by atoms with Crippen molar-refractivity contribution in [2.75, 3.05) is 13.1 Å². The van der Waals surface area contributed by atoms with Gasteiger partial charge in [-0.15, -0.1) is 0 Å². The number of aromatic nitrogens is 2. The monoisotopic (exact) mass is 386 g/mol. The molecule has 1 aromatic carbocycles. The zero-order valence-electron chi connectivity index (χ0n) is 16.6. The molecule has 28 heavy (non-hydrogen) atoms. The van der Waals surface area contributed by atoms with Crippen LogP contribution < -0.4 is 5.32 Å². The van der Waals surface area contributed by atoms with E-state index in [2.05, 4.69) is 24.3 Å². The van der Waals surface area contributed by atoms with Crippen molar-refractivity contribution < 1.29 is 14.0 Å². The van der Waals surface area contributed by atoms with E-state index >= 15 is 0 Å². The van der Waals surface area contributed by atoms with E-state index in [1.165, 1.54) is 16.8 Å². The maximum absolute atomic E-state index is 13.4. The molecule has 1 aromatic heterocycles. The third kappa shape index (κ3) is 4.58. The molecule has 1 unspecified atom stereocenters. The summed E-state index contributed by atoms with van der Waals surface area (Å²) in [5.74, 6) is -0.116. The Bertz CT molecular complexity index is 840. The van der Waals surface area contributed by atoms with Gasteiger partial charge in [0.25, 0.3) is 5.91 Å². The molecule has 1 saturated heterocycles. The van der Waals surface area contributed by atoms with Gasteiger partial charge in [0.2, 0.25) is 5.91 Å². The summed E-state index contributed by atoms with van der Waals surface area (Å²) in [6.07, 6.45) is 2.94. The minimum atomic E-state index is -0.354. The highest BCUT2D eigenvalue weighted by molar-refractivity contribution is 5.92. The molecule has 1 fully saturated rings. The minimum Gasteiger partial charge on any atom is -0.353 e. The first kappa shape index (κ1) is 20.0. The average molecular weight is 386 g/mol. The summed E-state index contributed by atoms with van der Waals surface area (Å²) in [5.41, 5.74) is 0.884. The molecule has 0 aliphatic carbocycles. The maximum Gasteiger partial charge on any atom is 0.274 e. The van der Waals surface area contributed by atoms with Crippen LogP contribution in [-0.2, 0) is 4.79 Å². The second-order valence-electron chi connectivity index (χ2n) is 7.73. The lowest BCUT2D eigenvalue weighted by Crippen LogP contribution is -2.45. The summed E-state index contributed by atoms with van der Waals surface area (Å²) < 4.78 is 14.9. The van der Waals surface area contributed by atoms with Crippen molar-refractivity contribution in [3.05, 3.63) is 48.0 Å². The van der Waals surface area contributed by atoms with E-state index in [-0.39, 0.29) is 29.6 Å². The van der Waals surface area contributed by atoms with Gasteiger partial charge >= 0.3 is 0 Å². The fraction of sp³-hybridized carbons (Fsp3) is 0.476. The van der Waals surface area contributed by atoms with Gasteiger partial charge in [0.15, 0.2) is 5.69 Å². The molecule has 2 aromatic rings. The number of hydrogen-bond donors (Lipinski definition) is 1. The molecule has 1 N–H and O–H groups in total. The molecular weight excluding hydrogens is 359 g/mol. The third-order valence-corrected chi connectivity index (χ3v) is 5.40. The number of carbonyl (C=O) groups excluding carboxylic acids is 2. The Balaban J connectivity index is 1.58. The average Bonchev–Trinajstić information content (AvgIpc) is 3.17. The molecule has 0 bridgehead atoms. The predicted molar refractivity (Wildman–Crippen MR) is 105 cm³/mol. The van der Waals surface area contributed by atoms with Crippen LogP contribution in [0.15, 0.2) is 36.5 Å². The first-order valence-corrected chi connectivity index (χ1v) is 9.76. The Kier molecular flexibility index (Phi) is 6.11. The van der Waals surface area contributed by atoms with Gasteiger partial charge in [-0.2, -0.15) is 5.10 Å². The second kappa shape index (κ2) is 8.54. The quantitative estimate of drug-likeness (QED) is 0.859. The van der Waals surface area contributed by atoms with E-state index in [1.807, 2.05) is 6.92 Å². The van der Waals surface area contributed by atoms with Crippen LogP contribution in [0, 0.1) is 17.7 Å². The molecule has 1 atom stereocenters. The van der Waals surface area contributed by atoms with Gasteiger partial charge in [0, 0.05) is 31.2 Å². The van der Waals surface area contributed by atoms with Gasteiger partial charge in [-0.1, -0.05) is 19.9 Å². The van der Waals surface area contributed by atoms with E-state index in [4.69, 9.17) is 0 Å². The molecule has 6 nitrogen and oxygen atoms in total. The number of nitrogens with one attached hydrogen (secondary N) is 1. The van der Waals surface area contributed by atoms with E-state index in [1.54, 1.807) is 29.3 Å². The lowest BCUT2D eigenvalue weighted by molar-refractivity contribution is -0.127. The lowest BCUT2D eigenvalue weighted by atomic mass is 9.94. The van der Waals surface area contributed by atoms with E-state index in [9.17, 15) is 14.0 Å². The lowest BCUT2D eigenvalue weighted by Gasteiger charge is -2.31. The predicted octanol–water partition coefficient (Wildman–Crippen LogP) is 3.02. The van der Waals surface area contributed by atoms with Crippen LogP contribution in [0.2, 0.25) is 0 Å². The van der Waals surface area contributed by atoms with Crippen molar-refractivity contribution in [2.45, 2.75) is 39.7 Å². The summed E-state index contributed by atoms with van der Waals surface area (Å²) >= 11 is 0. The Hall–Kier alpha value is -2.70. The highest BCUT2D eigenvalue weighted by Crippen LogP contribution is 2.20. The van der Waals surface area contributed by atoms with Gasteiger partial charge in [-0.25, -0.2) is 9.07 Å². The first-order valence-electron chi connectivity index (χ1n) is 9.76. The van der Waals surface area contributed by atoms with Crippen molar-refractivity contribution in [3.8, 4) is 5.69 Å². The third-order valence-electron chi connectivity index (χ3n) is 5.40. The Morgan fingerprint density at radius 3 is 2.54 bits per heavy atom. The fourth-order valence-corrected chi connectivity index (χ4v) is 3.22. The van der Waals surface area contributed by atoms with Crippen molar-refractivity contribution >= 4 is 11.8 Å². The van der Waals surface area contributed by atoms with Crippen molar-refractivity contribution in [1.82, 2.24) is 20.0 Å². The summed E-state index contributed by atoms with van der Waals surface area (Å²) in [4.78, 5) is 26.8. The van der Waals surface area contributed by atoms with Gasteiger partial charge in [-0.05, 0) is 49.9 Å². The van der Waals surface area contributed by atoms with Crippen LogP contribution in [-0.4, -0.2) is 45.6 Å². The Morgan fingerprint density at radius 1 is 1.18 bits per heavy atom. The number of piperidine rings is 1. The number of rotatable bonds is 5. The molecule has 0 radical (unpaired) electrons. The molecule has 2 amide bonds. The van der Waals surface area contributed by atoms with Crippen molar-refractivity contribution in [3.63, 3.8) is 0 Å². The summed E-state index contributed by atoms with van der Waals surface area (Å²) in [6, 6.07) is 7.83. The van der Waals surface area contributed by atoms with Gasteiger partial charge < -0.3 is 10.2 Å². The van der Waals surface area contributed by atoms with Crippen LogP contribution >= 0.6 is 0 Å². The normalized spacial score (nSPS) is 16.2. The molecule has 150 valence electrons. The zero-order valence-corrected chi connectivity index (χ0v) is 16.6. The van der Waals surface area contributed by atoms with Crippen LogP contribution in [0.25, 0.3) is 5.69 Å². The van der Waals surface area contributed by atoms with Gasteiger partial charge in [0.1, 0.15) is 5.82 Å².